The monoisotopic (exact) mass is 255 g/mol. The van der Waals surface area contributed by atoms with E-state index >= 15 is 0 Å². The summed E-state index contributed by atoms with van der Waals surface area (Å²) in [6.45, 7) is 2.55. The second-order valence-electron chi connectivity index (χ2n) is 4.35. The van der Waals surface area contributed by atoms with Crippen molar-refractivity contribution in [2.45, 2.75) is 38.6 Å². The fourth-order valence-electron chi connectivity index (χ4n) is 1.95. The van der Waals surface area contributed by atoms with Gasteiger partial charge in [-0.1, -0.05) is 4.49 Å². The van der Waals surface area contributed by atoms with E-state index in [1.807, 2.05) is 11.8 Å². The first-order valence-corrected chi connectivity index (χ1v) is 6.72. The Labute approximate surface area is 105 Å². The first kappa shape index (κ1) is 12.4. The number of aliphatic hydroxyl groups is 1. The van der Waals surface area contributed by atoms with Gasteiger partial charge >= 0.3 is 0 Å². The minimum absolute atomic E-state index is 0.0238. The van der Waals surface area contributed by atoms with Crippen LogP contribution in [0.15, 0.2) is 0 Å². The van der Waals surface area contributed by atoms with Gasteiger partial charge in [0, 0.05) is 19.2 Å². The number of carbonyl (C=O) groups is 1. The lowest BCUT2D eigenvalue weighted by molar-refractivity contribution is 0.0566. The maximum absolute atomic E-state index is 12.3. The van der Waals surface area contributed by atoms with E-state index in [-0.39, 0.29) is 12.5 Å². The van der Waals surface area contributed by atoms with Gasteiger partial charge in [-0.2, -0.15) is 0 Å². The topological polar surface area (TPSA) is 66.3 Å². The lowest BCUT2D eigenvalue weighted by Crippen LogP contribution is -2.44. The van der Waals surface area contributed by atoms with E-state index in [0.29, 0.717) is 29.6 Å². The zero-order chi connectivity index (χ0) is 12.3. The van der Waals surface area contributed by atoms with E-state index in [9.17, 15) is 4.79 Å². The summed E-state index contributed by atoms with van der Waals surface area (Å²) in [6.07, 6.45) is 3.96. The molecule has 0 spiro atoms. The highest BCUT2D eigenvalue weighted by Gasteiger charge is 2.30. The fourth-order valence-corrected chi connectivity index (χ4v) is 2.56. The predicted molar refractivity (Wildman–Crippen MR) is 65.0 cm³/mol. The van der Waals surface area contributed by atoms with Crippen molar-refractivity contribution in [3.8, 4) is 0 Å². The maximum Gasteiger partial charge on any atom is 0.267 e. The van der Waals surface area contributed by atoms with E-state index in [1.54, 1.807) is 0 Å². The van der Waals surface area contributed by atoms with E-state index in [1.165, 1.54) is 6.42 Å². The summed E-state index contributed by atoms with van der Waals surface area (Å²) in [6, 6.07) is 0.343. The van der Waals surface area contributed by atoms with Crippen LogP contribution in [-0.4, -0.2) is 44.7 Å². The van der Waals surface area contributed by atoms with Gasteiger partial charge in [0.15, 0.2) is 0 Å². The molecule has 2 rings (SSSR count). The highest BCUT2D eigenvalue weighted by molar-refractivity contribution is 7.07. The SMILES string of the molecule is Cc1nnsc1C(=O)N(CCCO)C1CCC1. The molecule has 1 aliphatic carbocycles. The highest BCUT2D eigenvalue weighted by atomic mass is 32.1. The van der Waals surface area contributed by atoms with E-state index in [2.05, 4.69) is 9.59 Å². The van der Waals surface area contributed by atoms with Crippen molar-refractivity contribution in [1.29, 1.82) is 0 Å². The zero-order valence-electron chi connectivity index (χ0n) is 9.93. The molecule has 17 heavy (non-hydrogen) atoms. The summed E-state index contributed by atoms with van der Waals surface area (Å²) in [5.41, 5.74) is 0.702. The van der Waals surface area contributed by atoms with Gasteiger partial charge in [0.1, 0.15) is 4.88 Å². The number of aliphatic hydroxyl groups excluding tert-OH is 1. The van der Waals surface area contributed by atoms with Crippen molar-refractivity contribution >= 4 is 17.4 Å². The number of amides is 1. The number of hydrogen-bond acceptors (Lipinski definition) is 5. The summed E-state index contributed by atoms with van der Waals surface area (Å²) < 4.78 is 3.80. The summed E-state index contributed by atoms with van der Waals surface area (Å²) in [5, 5.41) is 12.8. The molecule has 1 fully saturated rings. The molecule has 94 valence electrons. The minimum atomic E-state index is 0.0238. The summed E-state index contributed by atoms with van der Waals surface area (Å²) in [5.74, 6) is 0.0238. The normalized spacial score (nSPS) is 15.6. The first-order valence-electron chi connectivity index (χ1n) is 5.95. The molecule has 1 heterocycles. The van der Waals surface area contributed by atoms with Crippen molar-refractivity contribution in [3.05, 3.63) is 10.6 Å². The van der Waals surface area contributed by atoms with Crippen LogP contribution in [0.4, 0.5) is 0 Å². The van der Waals surface area contributed by atoms with Crippen LogP contribution < -0.4 is 0 Å². The molecule has 1 aliphatic rings. The van der Waals surface area contributed by atoms with Crippen LogP contribution >= 0.6 is 11.5 Å². The van der Waals surface area contributed by atoms with Gasteiger partial charge < -0.3 is 10.0 Å². The summed E-state index contributed by atoms with van der Waals surface area (Å²) >= 11 is 1.16. The molecule has 1 saturated carbocycles. The third-order valence-electron chi connectivity index (χ3n) is 3.18. The molecule has 1 aromatic heterocycles. The predicted octanol–water partition coefficient (Wildman–Crippen LogP) is 1.22. The molecule has 0 aliphatic heterocycles. The van der Waals surface area contributed by atoms with E-state index < -0.39 is 0 Å². The van der Waals surface area contributed by atoms with Gasteiger partial charge in [-0.3, -0.25) is 4.79 Å². The third-order valence-corrected chi connectivity index (χ3v) is 4.00. The van der Waals surface area contributed by atoms with Crippen LogP contribution in [0.2, 0.25) is 0 Å². The lowest BCUT2D eigenvalue weighted by Gasteiger charge is -2.37. The van der Waals surface area contributed by atoms with E-state index in [0.717, 1.165) is 24.4 Å². The van der Waals surface area contributed by atoms with Gasteiger partial charge in [-0.25, -0.2) is 0 Å². The molecule has 0 aromatic carbocycles. The van der Waals surface area contributed by atoms with Crippen LogP contribution in [-0.2, 0) is 0 Å². The Morgan fingerprint density at radius 3 is 2.82 bits per heavy atom. The fraction of sp³-hybridized carbons (Fsp3) is 0.727. The Bertz CT molecular complexity index is 390. The number of carbonyl (C=O) groups excluding carboxylic acids is 1. The summed E-state index contributed by atoms with van der Waals surface area (Å²) in [7, 11) is 0. The summed E-state index contributed by atoms with van der Waals surface area (Å²) in [4.78, 5) is 14.9. The van der Waals surface area contributed by atoms with Crippen LogP contribution in [0.1, 0.15) is 41.0 Å². The average molecular weight is 255 g/mol. The Morgan fingerprint density at radius 1 is 1.59 bits per heavy atom. The van der Waals surface area contributed by atoms with Gasteiger partial charge in [0.2, 0.25) is 0 Å². The molecule has 1 N–H and O–H groups in total. The molecule has 5 nitrogen and oxygen atoms in total. The van der Waals surface area contributed by atoms with Gasteiger partial charge in [0.05, 0.1) is 5.69 Å². The molecule has 1 aromatic rings. The van der Waals surface area contributed by atoms with Crippen molar-refractivity contribution in [2.75, 3.05) is 13.2 Å². The second kappa shape index (κ2) is 5.55. The van der Waals surface area contributed by atoms with Crippen molar-refractivity contribution < 1.29 is 9.90 Å². The van der Waals surface area contributed by atoms with Crippen molar-refractivity contribution in [2.24, 2.45) is 0 Å². The highest BCUT2D eigenvalue weighted by Crippen LogP contribution is 2.27. The lowest BCUT2D eigenvalue weighted by atomic mass is 9.91. The molecule has 0 radical (unpaired) electrons. The molecule has 0 atom stereocenters. The minimum Gasteiger partial charge on any atom is -0.396 e. The van der Waals surface area contributed by atoms with Crippen LogP contribution in [0.25, 0.3) is 0 Å². The molecular weight excluding hydrogens is 238 g/mol. The molecule has 0 saturated heterocycles. The molecule has 0 bridgehead atoms. The molecular formula is C11H17N3O2S. The molecule has 0 unspecified atom stereocenters. The third kappa shape index (κ3) is 2.63. The molecule has 6 heteroatoms. The number of rotatable bonds is 5. The van der Waals surface area contributed by atoms with Crippen LogP contribution in [0.5, 0.6) is 0 Å². The molecule has 1 amide bonds. The van der Waals surface area contributed by atoms with E-state index in [4.69, 9.17) is 5.11 Å². The number of hydrogen-bond donors (Lipinski definition) is 1. The van der Waals surface area contributed by atoms with Gasteiger partial charge in [-0.15, -0.1) is 5.10 Å². The quantitative estimate of drug-likeness (QED) is 0.859. The number of nitrogens with zero attached hydrogens (tertiary/aromatic N) is 3. The van der Waals surface area contributed by atoms with Gasteiger partial charge in [0.25, 0.3) is 5.91 Å². The largest absolute Gasteiger partial charge is 0.396 e. The van der Waals surface area contributed by atoms with Crippen LogP contribution in [0, 0.1) is 6.92 Å². The van der Waals surface area contributed by atoms with Crippen LogP contribution in [0.3, 0.4) is 0 Å². The zero-order valence-corrected chi connectivity index (χ0v) is 10.7. The standard InChI is InChI=1S/C11H17N3O2S/c1-8-10(17-13-12-8)11(16)14(6-3-7-15)9-4-2-5-9/h9,15H,2-7H2,1H3. The van der Waals surface area contributed by atoms with Crippen molar-refractivity contribution in [1.82, 2.24) is 14.5 Å². The smallest absolute Gasteiger partial charge is 0.267 e. The number of aryl methyl sites for hydroxylation is 1. The number of aromatic nitrogens is 2. The Kier molecular flexibility index (Phi) is 4.06. The Balaban J connectivity index is 2.09. The average Bonchev–Trinajstić information content (AvgIpc) is 2.67. The second-order valence-corrected chi connectivity index (χ2v) is 5.10. The van der Waals surface area contributed by atoms with Crippen molar-refractivity contribution in [3.63, 3.8) is 0 Å². The Hall–Kier alpha value is -1.01. The Morgan fingerprint density at radius 2 is 2.35 bits per heavy atom. The maximum atomic E-state index is 12.3. The van der Waals surface area contributed by atoms with Gasteiger partial charge in [-0.05, 0) is 44.1 Å². The first-order chi connectivity index (χ1) is 8.24.